The Morgan fingerprint density at radius 1 is 1.12 bits per heavy atom. The number of para-hydroxylation sites is 1. The summed E-state index contributed by atoms with van der Waals surface area (Å²) in [5, 5.41) is 9.53. The third-order valence-electron chi connectivity index (χ3n) is 2.21. The Morgan fingerprint density at radius 2 is 1.88 bits per heavy atom. The molecule has 2 aromatic rings. The Morgan fingerprint density at radius 3 is 2.65 bits per heavy atom. The molecule has 0 unspecified atom stereocenters. The molecule has 0 saturated heterocycles. The van der Waals surface area contributed by atoms with Gasteiger partial charge in [-0.25, -0.2) is 4.39 Å². The lowest BCUT2D eigenvalue weighted by molar-refractivity contribution is 0.474. The molecule has 2 nitrogen and oxygen atoms in total. The molecule has 0 aliphatic rings. The van der Waals surface area contributed by atoms with E-state index >= 15 is 0 Å². The fourth-order valence-corrected chi connectivity index (χ4v) is 1.50. The van der Waals surface area contributed by atoms with Crippen molar-refractivity contribution in [3.05, 3.63) is 58.9 Å². The summed E-state index contributed by atoms with van der Waals surface area (Å²) in [4.78, 5) is 3.95. The lowest BCUT2D eigenvalue weighted by Gasteiger charge is -1.99. The van der Waals surface area contributed by atoms with E-state index in [1.165, 1.54) is 24.4 Å². The third-order valence-corrected chi connectivity index (χ3v) is 2.50. The van der Waals surface area contributed by atoms with Crippen molar-refractivity contribution in [2.24, 2.45) is 4.99 Å². The SMILES string of the molecule is Oc1ccccc1C=Nc1cccc(Cl)c1F. The van der Waals surface area contributed by atoms with Crippen molar-refractivity contribution in [3.8, 4) is 5.75 Å². The molecule has 2 rings (SSSR count). The molecule has 0 atom stereocenters. The molecule has 0 spiro atoms. The highest BCUT2D eigenvalue weighted by atomic mass is 35.5. The van der Waals surface area contributed by atoms with Crippen molar-refractivity contribution >= 4 is 23.5 Å². The van der Waals surface area contributed by atoms with Crippen LogP contribution in [0.5, 0.6) is 5.75 Å². The first-order chi connectivity index (χ1) is 8.18. The average Bonchev–Trinajstić information content (AvgIpc) is 2.33. The summed E-state index contributed by atoms with van der Waals surface area (Å²) in [6.07, 6.45) is 1.39. The van der Waals surface area contributed by atoms with Gasteiger partial charge in [0.2, 0.25) is 0 Å². The highest BCUT2D eigenvalue weighted by molar-refractivity contribution is 6.31. The van der Waals surface area contributed by atoms with Gasteiger partial charge in [-0.2, -0.15) is 0 Å². The van der Waals surface area contributed by atoms with Gasteiger partial charge in [-0.15, -0.1) is 0 Å². The number of hydrogen-bond acceptors (Lipinski definition) is 2. The Labute approximate surface area is 103 Å². The Balaban J connectivity index is 2.33. The van der Waals surface area contributed by atoms with Crippen LogP contribution in [-0.4, -0.2) is 11.3 Å². The topological polar surface area (TPSA) is 32.6 Å². The van der Waals surface area contributed by atoms with E-state index in [9.17, 15) is 9.50 Å². The highest BCUT2D eigenvalue weighted by Gasteiger charge is 2.04. The van der Waals surface area contributed by atoms with E-state index < -0.39 is 5.82 Å². The van der Waals surface area contributed by atoms with E-state index in [0.29, 0.717) is 5.56 Å². The van der Waals surface area contributed by atoms with Crippen molar-refractivity contribution in [1.82, 2.24) is 0 Å². The molecule has 86 valence electrons. The molecule has 4 heteroatoms. The third kappa shape index (κ3) is 2.63. The van der Waals surface area contributed by atoms with E-state index in [1.54, 1.807) is 24.3 Å². The van der Waals surface area contributed by atoms with E-state index in [-0.39, 0.29) is 16.5 Å². The van der Waals surface area contributed by atoms with Gasteiger partial charge in [-0.3, -0.25) is 4.99 Å². The Hall–Kier alpha value is -1.87. The minimum atomic E-state index is -0.569. The fraction of sp³-hybridized carbons (Fsp3) is 0. The maximum absolute atomic E-state index is 13.5. The highest BCUT2D eigenvalue weighted by Crippen LogP contribution is 2.24. The minimum Gasteiger partial charge on any atom is -0.507 e. The number of aromatic hydroxyl groups is 1. The second kappa shape index (κ2) is 4.97. The number of phenolic OH excluding ortho intramolecular Hbond substituents is 1. The minimum absolute atomic E-state index is 0.0249. The molecule has 0 heterocycles. The smallest absolute Gasteiger partial charge is 0.167 e. The van der Waals surface area contributed by atoms with Gasteiger partial charge in [0, 0.05) is 11.8 Å². The van der Waals surface area contributed by atoms with Crippen LogP contribution in [0.4, 0.5) is 10.1 Å². The van der Waals surface area contributed by atoms with Gasteiger partial charge in [0.05, 0.1) is 5.02 Å². The van der Waals surface area contributed by atoms with Gasteiger partial charge in [-0.05, 0) is 24.3 Å². The molecule has 0 bridgehead atoms. The summed E-state index contributed by atoms with van der Waals surface area (Å²) in [6, 6.07) is 11.3. The maximum atomic E-state index is 13.5. The maximum Gasteiger partial charge on any atom is 0.167 e. The lowest BCUT2D eigenvalue weighted by Crippen LogP contribution is -1.83. The first-order valence-electron chi connectivity index (χ1n) is 4.94. The largest absolute Gasteiger partial charge is 0.507 e. The Kier molecular flexibility index (Phi) is 3.40. The van der Waals surface area contributed by atoms with Crippen LogP contribution in [0.25, 0.3) is 0 Å². The van der Waals surface area contributed by atoms with E-state index in [1.807, 2.05) is 0 Å². The van der Waals surface area contributed by atoms with Crippen LogP contribution in [0, 0.1) is 5.82 Å². The summed E-state index contributed by atoms with van der Waals surface area (Å²) < 4.78 is 13.5. The van der Waals surface area contributed by atoms with Crippen molar-refractivity contribution in [2.75, 3.05) is 0 Å². The number of halogens is 2. The Bertz CT molecular complexity index is 569. The van der Waals surface area contributed by atoms with Crippen LogP contribution in [-0.2, 0) is 0 Å². The predicted molar refractivity (Wildman–Crippen MR) is 66.8 cm³/mol. The zero-order valence-electron chi connectivity index (χ0n) is 8.77. The van der Waals surface area contributed by atoms with Gasteiger partial charge in [0.15, 0.2) is 5.82 Å². The predicted octanol–water partition coefficient (Wildman–Crippen LogP) is 3.94. The van der Waals surface area contributed by atoms with Crippen LogP contribution in [0.15, 0.2) is 47.5 Å². The van der Waals surface area contributed by atoms with Crippen molar-refractivity contribution in [2.45, 2.75) is 0 Å². The quantitative estimate of drug-likeness (QED) is 0.804. The monoisotopic (exact) mass is 249 g/mol. The van der Waals surface area contributed by atoms with Crippen molar-refractivity contribution < 1.29 is 9.50 Å². The molecule has 0 amide bonds. The number of nitrogens with zero attached hydrogens (tertiary/aromatic N) is 1. The number of rotatable bonds is 2. The van der Waals surface area contributed by atoms with Gasteiger partial charge < -0.3 is 5.11 Å². The molecule has 0 radical (unpaired) electrons. The van der Waals surface area contributed by atoms with E-state index in [4.69, 9.17) is 11.6 Å². The van der Waals surface area contributed by atoms with Crippen LogP contribution in [0.2, 0.25) is 5.02 Å². The van der Waals surface area contributed by atoms with Crippen LogP contribution in [0.1, 0.15) is 5.56 Å². The summed E-state index contributed by atoms with van der Waals surface area (Å²) >= 11 is 5.63. The number of phenols is 1. The molecule has 17 heavy (non-hydrogen) atoms. The molecule has 0 aliphatic heterocycles. The summed E-state index contributed by atoms with van der Waals surface area (Å²) in [6.45, 7) is 0. The standard InChI is InChI=1S/C13H9ClFNO/c14-10-5-3-6-11(13(10)15)16-8-9-4-1-2-7-12(9)17/h1-8,17H. The van der Waals surface area contributed by atoms with Crippen molar-refractivity contribution in [3.63, 3.8) is 0 Å². The summed E-state index contributed by atoms with van der Waals surface area (Å²) in [7, 11) is 0. The fourth-order valence-electron chi connectivity index (χ4n) is 1.33. The first kappa shape index (κ1) is 11.6. The molecule has 0 saturated carbocycles. The molecular formula is C13H9ClFNO. The van der Waals surface area contributed by atoms with Crippen molar-refractivity contribution in [1.29, 1.82) is 0 Å². The summed E-state index contributed by atoms with van der Waals surface area (Å²) in [5.41, 5.74) is 0.660. The second-order valence-electron chi connectivity index (χ2n) is 3.39. The number of hydrogen-bond donors (Lipinski definition) is 1. The van der Waals surface area contributed by atoms with Gasteiger partial charge in [-0.1, -0.05) is 29.8 Å². The van der Waals surface area contributed by atoms with Crippen LogP contribution >= 0.6 is 11.6 Å². The lowest BCUT2D eigenvalue weighted by atomic mass is 10.2. The molecule has 0 fully saturated rings. The molecular weight excluding hydrogens is 241 g/mol. The molecule has 2 aromatic carbocycles. The van der Waals surface area contributed by atoms with Crippen LogP contribution < -0.4 is 0 Å². The summed E-state index contributed by atoms with van der Waals surface area (Å²) in [5.74, 6) is -0.473. The number of benzene rings is 2. The van der Waals surface area contributed by atoms with E-state index in [0.717, 1.165) is 0 Å². The molecule has 1 N–H and O–H groups in total. The average molecular weight is 250 g/mol. The second-order valence-corrected chi connectivity index (χ2v) is 3.80. The normalized spacial score (nSPS) is 10.9. The zero-order chi connectivity index (χ0) is 12.3. The first-order valence-corrected chi connectivity index (χ1v) is 5.32. The van der Waals surface area contributed by atoms with E-state index in [2.05, 4.69) is 4.99 Å². The van der Waals surface area contributed by atoms with Gasteiger partial charge >= 0.3 is 0 Å². The van der Waals surface area contributed by atoms with Gasteiger partial charge in [0.1, 0.15) is 11.4 Å². The molecule has 0 aliphatic carbocycles. The zero-order valence-corrected chi connectivity index (χ0v) is 9.53. The number of aliphatic imine (C=N–C) groups is 1. The van der Waals surface area contributed by atoms with Gasteiger partial charge in [0.25, 0.3) is 0 Å². The molecule has 0 aromatic heterocycles. The van der Waals surface area contributed by atoms with Crippen LogP contribution in [0.3, 0.4) is 0 Å².